The summed E-state index contributed by atoms with van der Waals surface area (Å²) in [6.07, 6.45) is 1.11. The van der Waals surface area contributed by atoms with Gasteiger partial charge in [0.15, 0.2) is 0 Å². The van der Waals surface area contributed by atoms with E-state index in [2.05, 4.69) is 0 Å². The molecule has 1 heterocycles. The van der Waals surface area contributed by atoms with Crippen LogP contribution in [0, 0.1) is 0 Å². The molecule has 1 unspecified atom stereocenters. The van der Waals surface area contributed by atoms with Gasteiger partial charge in [-0.15, -0.1) is 0 Å². The highest BCUT2D eigenvalue weighted by atomic mass is 16.5. The molecule has 1 aliphatic heterocycles. The molecular weight excluding hydrogens is 180 g/mol. The number of benzene rings is 1. The van der Waals surface area contributed by atoms with E-state index in [0.717, 1.165) is 11.6 Å². The molecule has 0 fully saturated rings. The Morgan fingerprint density at radius 2 is 2.00 bits per heavy atom. The molecular formula is C11H10O3. The molecule has 2 rings (SSSR count). The minimum Gasteiger partial charge on any atom is -0.512 e. The van der Waals surface area contributed by atoms with Gasteiger partial charge in [0.2, 0.25) is 0 Å². The molecule has 0 radical (unpaired) electrons. The van der Waals surface area contributed by atoms with Crippen LogP contribution in [-0.2, 0) is 9.53 Å². The maximum Gasteiger partial charge on any atom is 0.334 e. The first kappa shape index (κ1) is 8.81. The summed E-state index contributed by atoms with van der Waals surface area (Å²) in [7, 11) is 0. The van der Waals surface area contributed by atoms with Gasteiger partial charge >= 0.3 is 5.97 Å². The number of ether oxygens (including phenoxy) is 1. The molecule has 1 aliphatic rings. The summed E-state index contributed by atoms with van der Waals surface area (Å²) < 4.78 is 5.07. The number of aliphatic hydroxyl groups excluding tert-OH is 1. The molecule has 0 bridgehead atoms. The van der Waals surface area contributed by atoms with E-state index in [0.29, 0.717) is 6.42 Å². The van der Waals surface area contributed by atoms with Gasteiger partial charge in [0, 0.05) is 6.42 Å². The highest BCUT2D eigenvalue weighted by molar-refractivity contribution is 5.83. The molecule has 0 spiro atoms. The fraction of sp³-hybridized carbons (Fsp3) is 0.182. The number of carbonyl (C=O) groups is 1. The van der Waals surface area contributed by atoms with Crippen LogP contribution in [0.5, 0.6) is 0 Å². The van der Waals surface area contributed by atoms with Gasteiger partial charge < -0.3 is 9.84 Å². The molecule has 0 aliphatic carbocycles. The summed E-state index contributed by atoms with van der Waals surface area (Å²) in [5, 5.41) is 9.27. The van der Waals surface area contributed by atoms with E-state index in [-0.39, 0.29) is 11.9 Å². The Bertz CT molecular complexity index is 367. The maximum absolute atomic E-state index is 11.0. The lowest BCUT2D eigenvalue weighted by molar-refractivity contribution is -0.145. The quantitative estimate of drug-likeness (QED) is 0.690. The van der Waals surface area contributed by atoms with E-state index in [9.17, 15) is 9.90 Å². The van der Waals surface area contributed by atoms with Crippen LogP contribution in [0.3, 0.4) is 0 Å². The number of carbonyl (C=O) groups excluding carboxylic acids is 1. The van der Waals surface area contributed by atoms with Crippen LogP contribution in [0.4, 0.5) is 0 Å². The van der Waals surface area contributed by atoms with Gasteiger partial charge in [0.1, 0.15) is 11.9 Å². The fourth-order valence-corrected chi connectivity index (χ4v) is 1.45. The Morgan fingerprint density at radius 3 is 2.64 bits per heavy atom. The van der Waals surface area contributed by atoms with Crippen molar-refractivity contribution in [2.24, 2.45) is 0 Å². The zero-order valence-corrected chi connectivity index (χ0v) is 7.51. The number of cyclic esters (lactones) is 1. The zero-order chi connectivity index (χ0) is 9.97. The van der Waals surface area contributed by atoms with Crippen LogP contribution in [0.1, 0.15) is 18.1 Å². The van der Waals surface area contributed by atoms with Crippen molar-refractivity contribution in [2.75, 3.05) is 0 Å². The molecule has 1 atom stereocenters. The van der Waals surface area contributed by atoms with Gasteiger partial charge in [0.25, 0.3) is 0 Å². The van der Waals surface area contributed by atoms with E-state index in [1.54, 1.807) is 0 Å². The number of hydrogen-bond acceptors (Lipinski definition) is 3. The molecule has 1 aromatic rings. The highest BCUT2D eigenvalue weighted by Gasteiger charge is 2.22. The number of aliphatic hydroxyl groups is 1. The van der Waals surface area contributed by atoms with Gasteiger partial charge in [-0.3, -0.25) is 0 Å². The molecule has 14 heavy (non-hydrogen) atoms. The monoisotopic (exact) mass is 190 g/mol. The van der Waals surface area contributed by atoms with Crippen molar-refractivity contribution in [3.63, 3.8) is 0 Å². The standard InChI is InChI=1S/C11H10O3/c12-9-6-10(14-11(13)7-9)8-4-2-1-3-5-8/h1-5,7,10,12H,6H2. The van der Waals surface area contributed by atoms with E-state index in [4.69, 9.17) is 4.74 Å². The van der Waals surface area contributed by atoms with Gasteiger partial charge in [-0.2, -0.15) is 0 Å². The number of hydrogen-bond donors (Lipinski definition) is 1. The lowest BCUT2D eigenvalue weighted by Gasteiger charge is -2.20. The summed E-state index contributed by atoms with van der Waals surface area (Å²) in [5.74, 6) is -0.405. The van der Waals surface area contributed by atoms with Gasteiger partial charge in [-0.05, 0) is 5.56 Å². The van der Waals surface area contributed by atoms with Crippen LogP contribution < -0.4 is 0 Å². The third kappa shape index (κ3) is 1.76. The Morgan fingerprint density at radius 1 is 1.29 bits per heavy atom. The van der Waals surface area contributed by atoms with Crippen LogP contribution >= 0.6 is 0 Å². The summed E-state index contributed by atoms with van der Waals surface area (Å²) in [6, 6.07) is 9.38. The minimum atomic E-state index is -0.484. The molecule has 0 saturated heterocycles. The van der Waals surface area contributed by atoms with Crippen molar-refractivity contribution in [3.05, 3.63) is 47.7 Å². The van der Waals surface area contributed by atoms with E-state index < -0.39 is 5.97 Å². The predicted molar refractivity (Wildman–Crippen MR) is 50.6 cm³/mol. The second-order valence-corrected chi connectivity index (χ2v) is 3.18. The van der Waals surface area contributed by atoms with Crippen LogP contribution in [-0.4, -0.2) is 11.1 Å². The second kappa shape index (κ2) is 3.54. The van der Waals surface area contributed by atoms with Crippen LogP contribution in [0.25, 0.3) is 0 Å². The largest absolute Gasteiger partial charge is 0.512 e. The van der Waals surface area contributed by atoms with Crippen molar-refractivity contribution in [3.8, 4) is 0 Å². The lowest BCUT2D eigenvalue weighted by Crippen LogP contribution is -2.15. The van der Waals surface area contributed by atoms with Crippen molar-refractivity contribution >= 4 is 5.97 Å². The molecule has 0 saturated carbocycles. The summed E-state index contributed by atoms with van der Waals surface area (Å²) in [6.45, 7) is 0. The summed E-state index contributed by atoms with van der Waals surface area (Å²) >= 11 is 0. The van der Waals surface area contributed by atoms with E-state index in [1.807, 2.05) is 30.3 Å². The highest BCUT2D eigenvalue weighted by Crippen LogP contribution is 2.27. The first-order valence-corrected chi connectivity index (χ1v) is 4.41. The smallest absolute Gasteiger partial charge is 0.334 e. The Labute approximate surface area is 81.6 Å². The van der Waals surface area contributed by atoms with Gasteiger partial charge in [-0.1, -0.05) is 30.3 Å². The number of rotatable bonds is 1. The molecule has 1 N–H and O–H groups in total. The Kier molecular flexibility index (Phi) is 2.23. The zero-order valence-electron chi connectivity index (χ0n) is 7.51. The lowest BCUT2D eigenvalue weighted by atomic mass is 10.0. The maximum atomic E-state index is 11.0. The third-order valence-corrected chi connectivity index (χ3v) is 2.11. The van der Waals surface area contributed by atoms with Crippen LogP contribution in [0.15, 0.2) is 42.2 Å². The normalized spacial score (nSPS) is 21.3. The van der Waals surface area contributed by atoms with Crippen molar-refractivity contribution in [2.45, 2.75) is 12.5 Å². The molecule has 3 nitrogen and oxygen atoms in total. The van der Waals surface area contributed by atoms with Crippen molar-refractivity contribution < 1.29 is 14.6 Å². The molecule has 0 aromatic heterocycles. The van der Waals surface area contributed by atoms with E-state index in [1.165, 1.54) is 0 Å². The van der Waals surface area contributed by atoms with Crippen molar-refractivity contribution in [1.29, 1.82) is 0 Å². The Balaban J connectivity index is 2.22. The predicted octanol–water partition coefficient (Wildman–Crippen LogP) is 2.12. The Hall–Kier alpha value is -1.77. The minimum absolute atomic E-state index is 0.0788. The molecule has 3 heteroatoms. The first-order chi connectivity index (χ1) is 6.75. The molecule has 1 aromatic carbocycles. The topological polar surface area (TPSA) is 46.5 Å². The van der Waals surface area contributed by atoms with Gasteiger partial charge in [-0.25, -0.2) is 4.79 Å². The van der Waals surface area contributed by atoms with E-state index >= 15 is 0 Å². The average molecular weight is 190 g/mol. The first-order valence-electron chi connectivity index (χ1n) is 4.41. The summed E-state index contributed by atoms with van der Waals surface area (Å²) in [5.41, 5.74) is 0.903. The second-order valence-electron chi connectivity index (χ2n) is 3.18. The number of esters is 1. The summed E-state index contributed by atoms with van der Waals surface area (Å²) in [4.78, 5) is 11.0. The third-order valence-electron chi connectivity index (χ3n) is 2.11. The molecule has 72 valence electrons. The van der Waals surface area contributed by atoms with Crippen LogP contribution in [0.2, 0.25) is 0 Å². The molecule has 0 amide bonds. The van der Waals surface area contributed by atoms with Crippen molar-refractivity contribution in [1.82, 2.24) is 0 Å². The average Bonchev–Trinajstić information content (AvgIpc) is 2.18. The van der Waals surface area contributed by atoms with Gasteiger partial charge in [0.05, 0.1) is 6.08 Å². The fourth-order valence-electron chi connectivity index (χ4n) is 1.45. The SMILES string of the molecule is O=C1C=C(O)CC(c2ccccc2)O1.